The van der Waals surface area contributed by atoms with Gasteiger partial charge in [0.15, 0.2) is 0 Å². The van der Waals surface area contributed by atoms with Crippen molar-refractivity contribution in [2.75, 3.05) is 12.5 Å². The summed E-state index contributed by atoms with van der Waals surface area (Å²) in [6, 6.07) is 10.6. The van der Waals surface area contributed by atoms with Crippen LogP contribution in [0.15, 0.2) is 30.3 Å². The van der Waals surface area contributed by atoms with Crippen LogP contribution in [0.2, 0.25) is 0 Å². The molecular formula is C9H16ClO4S+. The summed E-state index contributed by atoms with van der Waals surface area (Å²) in [7, 11) is -3.66. The molecule has 1 aromatic rings. The summed E-state index contributed by atoms with van der Waals surface area (Å²) in [4.78, 5) is 0. The van der Waals surface area contributed by atoms with E-state index in [2.05, 4.69) is 42.8 Å². The van der Waals surface area contributed by atoms with Crippen LogP contribution in [0, 0.1) is 10.2 Å². The molecule has 0 saturated heterocycles. The molecule has 0 unspecified atom stereocenters. The maximum atomic E-state index is 8.83. The summed E-state index contributed by atoms with van der Waals surface area (Å²) in [5.74, 6) is 1.22. The molecule has 0 amide bonds. The van der Waals surface area contributed by atoms with Crippen LogP contribution in [0.5, 0.6) is 0 Å². The van der Waals surface area contributed by atoms with Crippen LogP contribution in [-0.4, -0.2) is 26.5 Å². The van der Waals surface area contributed by atoms with Crippen LogP contribution in [0.1, 0.15) is 5.56 Å². The van der Waals surface area contributed by atoms with Gasteiger partial charge >= 0.3 is 28.9 Å². The first kappa shape index (κ1) is 14.7. The minimum atomic E-state index is -4.19. The van der Waals surface area contributed by atoms with Crippen molar-refractivity contribution in [3.8, 4) is 0 Å². The Labute approximate surface area is 94.3 Å². The third kappa shape index (κ3) is 13.7. The van der Waals surface area contributed by atoms with E-state index in [0.717, 1.165) is 0 Å². The maximum absolute atomic E-state index is 8.83. The molecule has 0 aliphatic rings. The summed E-state index contributed by atoms with van der Waals surface area (Å²) < 4.78 is 30.2. The molecule has 3 N–H and O–H groups in total. The van der Waals surface area contributed by atoms with E-state index in [1.54, 1.807) is 0 Å². The number of rotatable bonds is 2. The van der Waals surface area contributed by atoms with Crippen molar-refractivity contribution >= 4 is 10.9 Å². The van der Waals surface area contributed by atoms with Gasteiger partial charge < -0.3 is 0 Å². The van der Waals surface area contributed by atoms with E-state index >= 15 is 0 Å². The van der Waals surface area contributed by atoms with Crippen molar-refractivity contribution in [2.24, 2.45) is 0 Å². The van der Waals surface area contributed by atoms with Gasteiger partial charge in [-0.15, -0.1) is 0 Å². The van der Waals surface area contributed by atoms with E-state index < -0.39 is 10.2 Å². The second kappa shape index (κ2) is 7.05. The number of hydrogen-bond donors (Lipinski definition) is 3. The quantitative estimate of drug-likeness (QED) is 0.605. The Morgan fingerprint density at radius 1 is 1.13 bits per heavy atom. The molecule has 0 radical (unpaired) electrons. The molecular weight excluding hydrogens is 240 g/mol. The molecule has 15 heavy (non-hydrogen) atoms. The zero-order valence-corrected chi connectivity index (χ0v) is 10.2. The summed E-state index contributed by atoms with van der Waals surface area (Å²) in [6.07, 6.45) is 4.54. The molecule has 6 heteroatoms. The van der Waals surface area contributed by atoms with Gasteiger partial charge in [-0.25, -0.2) is 0 Å². The number of hydrogen-bond acceptors (Lipinski definition) is 4. The van der Waals surface area contributed by atoms with E-state index in [1.165, 1.54) is 11.3 Å². The first-order valence-electron chi connectivity index (χ1n) is 4.03. The van der Waals surface area contributed by atoms with Crippen molar-refractivity contribution in [1.29, 1.82) is 0 Å². The van der Waals surface area contributed by atoms with Gasteiger partial charge in [0, 0.05) is 5.56 Å². The van der Waals surface area contributed by atoms with Crippen molar-refractivity contribution in [3.63, 3.8) is 0 Å². The molecule has 88 valence electrons. The molecule has 1 aromatic carbocycles. The summed E-state index contributed by atoms with van der Waals surface area (Å²) >= 11 is 0. The molecule has 0 heterocycles. The average Bonchev–Trinajstić information content (AvgIpc) is 2.01. The van der Waals surface area contributed by atoms with Gasteiger partial charge in [-0.05, 0) is 10.9 Å². The minimum absolute atomic E-state index is 0.533. The molecule has 4 nitrogen and oxygen atoms in total. The van der Waals surface area contributed by atoms with Gasteiger partial charge in [0.2, 0.25) is 0 Å². The van der Waals surface area contributed by atoms with Crippen LogP contribution < -0.4 is 4.66 Å². The first-order valence-corrected chi connectivity index (χ1v) is 7.56. The van der Waals surface area contributed by atoms with Gasteiger partial charge in [0.1, 0.15) is 5.75 Å². The molecule has 0 aromatic heterocycles. The monoisotopic (exact) mass is 255 g/mol. The Kier molecular flexibility index (Phi) is 6.91. The predicted molar refractivity (Wildman–Crippen MR) is 56.0 cm³/mol. The fourth-order valence-electron chi connectivity index (χ4n) is 0.908. The van der Waals surface area contributed by atoms with E-state index in [1.807, 2.05) is 0 Å². The standard InChI is InChI=1S/C9H13S.ClH3O4/c1-10(2)8-9-6-4-3-5-7-9;2-1(3,4)5/h3-7H,8H2,1-2H3;2-4H/q+1;. The van der Waals surface area contributed by atoms with E-state index in [4.69, 9.17) is 18.6 Å². The van der Waals surface area contributed by atoms with Crippen molar-refractivity contribution < 1.29 is 28.9 Å². The zero-order valence-electron chi connectivity index (χ0n) is 8.63. The Balaban J connectivity index is 0.000000336. The van der Waals surface area contributed by atoms with E-state index in [-0.39, 0.29) is 0 Å². The molecule has 0 bridgehead atoms. The van der Waals surface area contributed by atoms with Gasteiger partial charge in [-0.2, -0.15) is 0 Å². The van der Waals surface area contributed by atoms with Crippen LogP contribution >= 0.6 is 0 Å². The Morgan fingerprint density at radius 2 is 1.53 bits per heavy atom. The molecule has 1 rings (SSSR count). The second-order valence-electron chi connectivity index (χ2n) is 3.05. The van der Waals surface area contributed by atoms with Crippen LogP contribution in [0.4, 0.5) is 0 Å². The van der Waals surface area contributed by atoms with E-state index in [9.17, 15) is 0 Å². The third-order valence-electron chi connectivity index (χ3n) is 1.30. The molecule has 0 fully saturated rings. The topological polar surface area (TPSA) is 83.8 Å². The Morgan fingerprint density at radius 3 is 1.87 bits per heavy atom. The summed E-state index contributed by atoms with van der Waals surface area (Å²) in [5.41, 5.74) is 1.45. The fraction of sp³-hybridized carbons (Fsp3) is 0.333. The third-order valence-corrected chi connectivity index (χ3v) is 2.21. The van der Waals surface area contributed by atoms with Gasteiger partial charge in [-0.1, -0.05) is 30.3 Å². The molecule has 0 spiro atoms. The van der Waals surface area contributed by atoms with Gasteiger partial charge in [0.25, 0.3) is 0 Å². The van der Waals surface area contributed by atoms with E-state index in [0.29, 0.717) is 10.9 Å². The average molecular weight is 256 g/mol. The zero-order chi connectivity index (χ0) is 11.9. The summed E-state index contributed by atoms with van der Waals surface area (Å²) in [5, 5.41) is 0. The van der Waals surface area contributed by atoms with Crippen molar-refractivity contribution in [3.05, 3.63) is 35.9 Å². The summed E-state index contributed by atoms with van der Waals surface area (Å²) in [6.45, 7) is 0. The fourth-order valence-corrected chi connectivity index (χ4v) is 1.77. The molecule has 0 atom stereocenters. The van der Waals surface area contributed by atoms with Crippen molar-refractivity contribution in [1.82, 2.24) is 0 Å². The Hall–Kier alpha value is -0.300. The molecule has 0 aliphatic carbocycles. The molecule has 0 aliphatic heterocycles. The second-order valence-corrected chi connectivity index (χ2v) is 6.18. The number of benzene rings is 1. The van der Waals surface area contributed by atoms with Gasteiger partial charge in [0.05, 0.1) is 12.5 Å². The SMILES string of the molecule is C[S+](C)Cc1ccccc1.[O-][Cl+](O)(O)O. The first-order chi connectivity index (χ1) is 6.79. The van der Waals surface area contributed by atoms with Crippen molar-refractivity contribution in [2.45, 2.75) is 5.75 Å². The number of halogens is 1. The Bertz CT molecular complexity index is 255. The van der Waals surface area contributed by atoms with Gasteiger partial charge in [-0.3, -0.25) is 0 Å². The molecule has 0 saturated carbocycles. The van der Waals surface area contributed by atoms with Crippen LogP contribution in [0.3, 0.4) is 0 Å². The van der Waals surface area contributed by atoms with Crippen LogP contribution in [0.25, 0.3) is 0 Å². The normalized spacial score (nSPS) is 11.9. The van der Waals surface area contributed by atoms with Crippen LogP contribution in [-0.2, 0) is 16.6 Å². The predicted octanol–water partition coefficient (Wildman–Crippen LogP) is -0.795.